The van der Waals surface area contributed by atoms with Gasteiger partial charge in [-0.05, 0) is 36.4 Å². The fourth-order valence-corrected chi connectivity index (χ4v) is 3.82. The molecule has 28 heavy (non-hydrogen) atoms. The van der Waals surface area contributed by atoms with Crippen LogP contribution in [0.5, 0.6) is 5.75 Å². The second-order valence-corrected chi connectivity index (χ2v) is 7.37. The molecule has 0 spiro atoms. The van der Waals surface area contributed by atoms with Gasteiger partial charge in [0.25, 0.3) is 0 Å². The normalized spacial score (nSPS) is 11.1. The van der Waals surface area contributed by atoms with Crippen molar-refractivity contribution in [2.24, 2.45) is 7.05 Å². The molecular weight excluding hydrogens is 398 g/mol. The van der Waals surface area contributed by atoms with Crippen molar-refractivity contribution < 1.29 is 9.15 Å². The molecule has 3 aromatic heterocycles. The monoisotopic (exact) mass is 415 g/mol. The van der Waals surface area contributed by atoms with Gasteiger partial charge in [-0.15, -0.1) is 10.2 Å². The molecule has 4 aromatic rings. The Morgan fingerprint density at radius 1 is 1.18 bits per heavy atom. The quantitative estimate of drug-likeness (QED) is 0.420. The van der Waals surface area contributed by atoms with E-state index < -0.39 is 0 Å². The maximum atomic E-state index is 6.08. The molecule has 0 fully saturated rings. The van der Waals surface area contributed by atoms with Crippen molar-refractivity contribution in [3.8, 4) is 17.1 Å². The molecule has 0 atom stereocenters. The minimum absolute atomic E-state index is 0.533. The van der Waals surface area contributed by atoms with E-state index in [4.69, 9.17) is 20.8 Å². The zero-order chi connectivity index (χ0) is 19.5. The van der Waals surface area contributed by atoms with Crippen molar-refractivity contribution in [1.29, 1.82) is 0 Å². The number of methoxy groups -OCH3 is 1. The number of benzene rings is 1. The van der Waals surface area contributed by atoms with Crippen molar-refractivity contribution in [2.45, 2.75) is 17.5 Å². The maximum Gasteiger partial charge on any atom is 0.192 e. The summed E-state index contributed by atoms with van der Waals surface area (Å²) in [5, 5.41) is 10.2. The lowest BCUT2D eigenvalue weighted by Gasteiger charge is -2.09. The zero-order valence-electron chi connectivity index (χ0n) is 15.4. The molecule has 0 amide bonds. The molecule has 0 saturated carbocycles. The first-order valence-corrected chi connectivity index (χ1v) is 9.91. The van der Waals surface area contributed by atoms with Gasteiger partial charge in [-0.2, -0.15) is 0 Å². The number of hydrogen-bond donors (Lipinski definition) is 0. The smallest absolute Gasteiger partial charge is 0.192 e. The molecule has 0 unspecified atom stereocenters. The van der Waals surface area contributed by atoms with Gasteiger partial charge in [-0.1, -0.05) is 23.4 Å². The van der Waals surface area contributed by atoms with Crippen molar-refractivity contribution in [3.63, 3.8) is 0 Å². The van der Waals surface area contributed by atoms with Crippen LogP contribution in [0.1, 0.15) is 11.6 Å². The fraction of sp³-hybridized carbons (Fsp3) is 0.211. The van der Waals surface area contributed by atoms with Gasteiger partial charge >= 0.3 is 0 Å². The average molecular weight is 416 g/mol. The minimum atomic E-state index is 0.533. The summed E-state index contributed by atoms with van der Waals surface area (Å²) in [5.74, 6) is 3.88. The summed E-state index contributed by atoms with van der Waals surface area (Å²) in [6.45, 7) is 0.533. The molecule has 9 heteroatoms. The first-order chi connectivity index (χ1) is 13.7. The zero-order valence-corrected chi connectivity index (χ0v) is 16.9. The van der Waals surface area contributed by atoms with Crippen LogP contribution in [0.15, 0.2) is 58.4 Å². The van der Waals surface area contributed by atoms with Gasteiger partial charge in [0.1, 0.15) is 22.5 Å². The van der Waals surface area contributed by atoms with Crippen LogP contribution in [0.25, 0.3) is 11.4 Å². The second-order valence-electron chi connectivity index (χ2n) is 6.05. The standard InChI is InChI=1S/C19H18ClN5O2S/c1-24-16(20)10-21-17(24)12-28-19-23-22-18(13-5-7-14(26-2)8-6-13)25(19)11-15-4-3-9-27-15/h3-10H,11-12H2,1-2H3. The molecule has 1 aromatic carbocycles. The van der Waals surface area contributed by atoms with Crippen molar-refractivity contribution in [1.82, 2.24) is 24.3 Å². The molecule has 7 nitrogen and oxygen atoms in total. The highest BCUT2D eigenvalue weighted by atomic mass is 35.5. The number of hydrogen-bond acceptors (Lipinski definition) is 6. The van der Waals surface area contributed by atoms with Crippen LogP contribution in [0.4, 0.5) is 0 Å². The molecule has 0 N–H and O–H groups in total. The van der Waals surface area contributed by atoms with Crippen LogP contribution in [-0.4, -0.2) is 31.4 Å². The van der Waals surface area contributed by atoms with E-state index in [2.05, 4.69) is 15.2 Å². The number of ether oxygens (including phenoxy) is 1. The lowest BCUT2D eigenvalue weighted by Crippen LogP contribution is -2.04. The van der Waals surface area contributed by atoms with Crippen LogP contribution >= 0.6 is 23.4 Å². The summed E-state index contributed by atoms with van der Waals surface area (Å²) in [6.07, 6.45) is 3.31. The summed E-state index contributed by atoms with van der Waals surface area (Å²) in [7, 11) is 3.54. The number of aromatic nitrogens is 5. The number of furan rings is 1. The lowest BCUT2D eigenvalue weighted by atomic mass is 10.2. The third-order valence-corrected chi connectivity index (χ3v) is 5.63. The summed E-state index contributed by atoms with van der Waals surface area (Å²) in [4.78, 5) is 4.34. The van der Waals surface area contributed by atoms with E-state index in [0.29, 0.717) is 17.5 Å². The number of thioether (sulfide) groups is 1. The van der Waals surface area contributed by atoms with Crippen molar-refractivity contribution in [2.75, 3.05) is 7.11 Å². The predicted molar refractivity (Wildman–Crippen MR) is 108 cm³/mol. The van der Waals surface area contributed by atoms with Gasteiger partial charge in [0.05, 0.1) is 31.9 Å². The van der Waals surface area contributed by atoms with Crippen LogP contribution < -0.4 is 4.74 Å². The van der Waals surface area contributed by atoms with Crippen molar-refractivity contribution >= 4 is 23.4 Å². The van der Waals surface area contributed by atoms with E-state index in [-0.39, 0.29) is 0 Å². The molecule has 4 rings (SSSR count). The molecule has 144 valence electrons. The third kappa shape index (κ3) is 3.79. The Labute approximate surface area is 171 Å². The predicted octanol–water partition coefficient (Wildman–Crippen LogP) is 4.27. The van der Waals surface area contributed by atoms with E-state index in [1.807, 2.05) is 52.6 Å². The van der Waals surface area contributed by atoms with Gasteiger partial charge in [-0.3, -0.25) is 4.57 Å². The Morgan fingerprint density at radius 2 is 2.00 bits per heavy atom. The number of rotatable bonds is 7. The summed E-state index contributed by atoms with van der Waals surface area (Å²) < 4.78 is 14.7. The first-order valence-electron chi connectivity index (χ1n) is 8.54. The SMILES string of the molecule is COc1ccc(-c2nnc(SCc3ncc(Cl)n3C)n2Cc2ccco2)cc1. The second kappa shape index (κ2) is 8.12. The van der Waals surface area contributed by atoms with Gasteiger partial charge < -0.3 is 13.7 Å². The molecule has 3 heterocycles. The Morgan fingerprint density at radius 3 is 2.64 bits per heavy atom. The van der Waals surface area contributed by atoms with Crippen LogP contribution in [0, 0.1) is 0 Å². The van der Waals surface area contributed by atoms with E-state index in [0.717, 1.165) is 33.9 Å². The van der Waals surface area contributed by atoms with Gasteiger partial charge in [0.15, 0.2) is 11.0 Å². The minimum Gasteiger partial charge on any atom is -0.497 e. The van der Waals surface area contributed by atoms with Gasteiger partial charge in [0.2, 0.25) is 0 Å². The Hall–Kier alpha value is -2.71. The van der Waals surface area contributed by atoms with Crippen LogP contribution in [0.3, 0.4) is 0 Å². The summed E-state index contributed by atoms with van der Waals surface area (Å²) >= 11 is 7.64. The van der Waals surface area contributed by atoms with E-state index in [1.54, 1.807) is 31.3 Å². The molecular formula is C19H18ClN5O2S. The summed E-state index contributed by atoms with van der Waals surface area (Å²) in [5.41, 5.74) is 0.951. The number of nitrogens with zero attached hydrogens (tertiary/aromatic N) is 5. The summed E-state index contributed by atoms with van der Waals surface area (Å²) in [6, 6.07) is 11.6. The topological polar surface area (TPSA) is 70.9 Å². The molecule has 0 bridgehead atoms. The molecule has 0 radical (unpaired) electrons. The highest BCUT2D eigenvalue weighted by Gasteiger charge is 2.17. The molecule has 0 saturated heterocycles. The number of imidazole rings is 1. The van der Waals surface area contributed by atoms with Crippen molar-refractivity contribution in [3.05, 3.63) is 65.6 Å². The average Bonchev–Trinajstić information content (AvgIpc) is 3.44. The number of halogens is 1. The first kappa shape index (κ1) is 18.6. The van der Waals surface area contributed by atoms with Gasteiger partial charge in [0, 0.05) is 12.6 Å². The Balaban J connectivity index is 1.65. The van der Waals surface area contributed by atoms with Crippen LogP contribution in [-0.2, 0) is 19.3 Å². The lowest BCUT2D eigenvalue weighted by molar-refractivity contribution is 0.415. The fourth-order valence-electron chi connectivity index (χ4n) is 2.74. The van der Waals surface area contributed by atoms with E-state index in [9.17, 15) is 0 Å². The molecule has 0 aliphatic rings. The van der Waals surface area contributed by atoms with Gasteiger partial charge in [-0.25, -0.2) is 4.98 Å². The largest absolute Gasteiger partial charge is 0.497 e. The molecule has 0 aliphatic heterocycles. The highest BCUT2D eigenvalue weighted by Crippen LogP contribution is 2.28. The van der Waals surface area contributed by atoms with E-state index >= 15 is 0 Å². The Kier molecular flexibility index (Phi) is 5.40. The molecule has 0 aliphatic carbocycles. The maximum absolute atomic E-state index is 6.08. The van der Waals surface area contributed by atoms with Crippen LogP contribution in [0.2, 0.25) is 5.15 Å². The highest BCUT2D eigenvalue weighted by molar-refractivity contribution is 7.98. The Bertz CT molecular complexity index is 1060. The van der Waals surface area contributed by atoms with E-state index in [1.165, 1.54) is 0 Å². The third-order valence-electron chi connectivity index (χ3n) is 4.32.